The van der Waals surface area contributed by atoms with Crippen LogP contribution in [-0.2, 0) is 22.4 Å². The molecule has 1 atom stereocenters. The van der Waals surface area contributed by atoms with Crippen LogP contribution in [0.2, 0.25) is 0 Å². The predicted molar refractivity (Wildman–Crippen MR) is 115 cm³/mol. The number of aromatic nitrogens is 1. The molecule has 156 valence electrons. The largest absolute Gasteiger partial charge is 0.361 e. The lowest BCUT2D eigenvalue weighted by molar-refractivity contribution is -0.129. The number of aryl methyl sites for hydroxylation is 1. The fraction of sp³-hybridized carbons (Fsp3) is 0.333. The van der Waals surface area contributed by atoms with E-state index in [1.54, 1.807) is 17.0 Å². The second-order valence-corrected chi connectivity index (χ2v) is 8.02. The number of amides is 2. The number of likely N-dealkylation sites (tertiary alicyclic amines) is 1. The molecule has 4 rings (SSSR count). The highest BCUT2D eigenvalue weighted by Gasteiger charge is 2.33. The molecule has 6 heteroatoms. The minimum absolute atomic E-state index is 0.0321. The van der Waals surface area contributed by atoms with Crippen LogP contribution in [0.15, 0.2) is 48.7 Å². The lowest BCUT2D eigenvalue weighted by Crippen LogP contribution is -2.34. The molecule has 0 spiro atoms. The van der Waals surface area contributed by atoms with E-state index in [2.05, 4.69) is 35.4 Å². The molecular weight excluding hydrogens is 381 g/mol. The number of carbonyl (C=O) groups excluding carboxylic acids is 2. The molecule has 2 N–H and O–H groups in total. The number of H-pyrrole nitrogens is 1. The zero-order chi connectivity index (χ0) is 21.1. The van der Waals surface area contributed by atoms with E-state index in [-0.39, 0.29) is 30.0 Å². The van der Waals surface area contributed by atoms with Crippen LogP contribution < -0.4 is 5.32 Å². The fourth-order valence-electron chi connectivity index (χ4n) is 4.04. The average Bonchev–Trinajstić information content (AvgIpc) is 3.30. The molecule has 1 fully saturated rings. The zero-order valence-corrected chi connectivity index (χ0v) is 17.1. The molecule has 0 saturated carbocycles. The Hall–Kier alpha value is -3.15. The van der Waals surface area contributed by atoms with Crippen LogP contribution in [-0.4, -0.2) is 41.3 Å². The molecule has 2 aromatic carbocycles. The summed E-state index contributed by atoms with van der Waals surface area (Å²) in [6.07, 6.45) is 3.66. The van der Waals surface area contributed by atoms with Gasteiger partial charge in [-0.05, 0) is 55.2 Å². The summed E-state index contributed by atoms with van der Waals surface area (Å²) in [4.78, 5) is 29.9. The van der Waals surface area contributed by atoms with Crippen molar-refractivity contribution in [3.63, 3.8) is 0 Å². The van der Waals surface area contributed by atoms with Crippen LogP contribution in [0.25, 0.3) is 10.9 Å². The first kappa shape index (κ1) is 20.1. The highest BCUT2D eigenvalue weighted by Crippen LogP contribution is 2.22. The van der Waals surface area contributed by atoms with E-state index in [4.69, 9.17) is 0 Å². The van der Waals surface area contributed by atoms with Crippen molar-refractivity contribution < 1.29 is 14.0 Å². The number of benzene rings is 2. The maximum atomic E-state index is 13.0. The monoisotopic (exact) mass is 407 g/mol. The number of fused-ring (bicyclic) bond motifs is 1. The van der Waals surface area contributed by atoms with Crippen molar-refractivity contribution in [1.82, 2.24) is 15.2 Å². The van der Waals surface area contributed by atoms with Gasteiger partial charge in [0.2, 0.25) is 11.8 Å². The number of aromatic amines is 1. The average molecular weight is 407 g/mol. The van der Waals surface area contributed by atoms with Gasteiger partial charge in [0.1, 0.15) is 5.82 Å². The second kappa shape index (κ2) is 8.69. The first-order valence-corrected chi connectivity index (χ1v) is 10.4. The molecule has 0 radical (unpaired) electrons. The molecule has 5 nitrogen and oxygen atoms in total. The van der Waals surface area contributed by atoms with Gasteiger partial charge in [0, 0.05) is 43.2 Å². The number of nitrogens with one attached hydrogen (secondary N) is 2. The Morgan fingerprint density at radius 2 is 2.00 bits per heavy atom. The van der Waals surface area contributed by atoms with Gasteiger partial charge in [-0.25, -0.2) is 4.39 Å². The van der Waals surface area contributed by atoms with Gasteiger partial charge in [0.15, 0.2) is 0 Å². The van der Waals surface area contributed by atoms with E-state index in [0.29, 0.717) is 26.1 Å². The van der Waals surface area contributed by atoms with Crippen LogP contribution in [0.1, 0.15) is 23.1 Å². The molecular formula is C24H26FN3O2. The minimum atomic E-state index is -0.309. The van der Waals surface area contributed by atoms with Crippen molar-refractivity contribution in [1.29, 1.82) is 0 Å². The van der Waals surface area contributed by atoms with Crippen molar-refractivity contribution in [3.8, 4) is 0 Å². The van der Waals surface area contributed by atoms with Gasteiger partial charge >= 0.3 is 0 Å². The maximum Gasteiger partial charge on any atom is 0.225 e. The molecule has 0 bridgehead atoms. The Morgan fingerprint density at radius 1 is 1.20 bits per heavy atom. The third-order valence-electron chi connectivity index (χ3n) is 5.79. The summed E-state index contributed by atoms with van der Waals surface area (Å²) in [5.41, 5.74) is 4.46. The molecule has 2 heterocycles. The van der Waals surface area contributed by atoms with Crippen LogP contribution in [0.3, 0.4) is 0 Å². The van der Waals surface area contributed by atoms with Crippen LogP contribution in [0.4, 0.5) is 4.39 Å². The smallest absolute Gasteiger partial charge is 0.225 e. The van der Waals surface area contributed by atoms with Gasteiger partial charge in [-0.1, -0.05) is 23.8 Å². The van der Waals surface area contributed by atoms with Crippen molar-refractivity contribution in [3.05, 3.63) is 71.2 Å². The first-order valence-electron chi connectivity index (χ1n) is 10.4. The number of nitrogens with zero attached hydrogens (tertiary/aromatic N) is 1. The summed E-state index contributed by atoms with van der Waals surface area (Å²) >= 11 is 0. The summed E-state index contributed by atoms with van der Waals surface area (Å²) in [5, 5.41) is 4.10. The molecule has 1 aromatic heterocycles. The van der Waals surface area contributed by atoms with Gasteiger partial charge in [-0.2, -0.15) is 0 Å². The lowest BCUT2D eigenvalue weighted by atomic mass is 10.1. The van der Waals surface area contributed by atoms with Gasteiger partial charge in [-0.15, -0.1) is 0 Å². The Kier molecular flexibility index (Phi) is 5.84. The summed E-state index contributed by atoms with van der Waals surface area (Å²) in [5.74, 6) is -0.633. The molecule has 2 amide bonds. The SMILES string of the molecule is Cc1ccc2[nH]cc(CCN3CC(C(=O)NCCc4ccc(F)cc4)CC3=O)c2c1. The second-order valence-electron chi connectivity index (χ2n) is 8.02. The molecule has 1 aliphatic heterocycles. The topological polar surface area (TPSA) is 65.2 Å². The Balaban J connectivity index is 1.27. The van der Waals surface area contributed by atoms with Gasteiger partial charge in [0.25, 0.3) is 0 Å². The van der Waals surface area contributed by atoms with E-state index in [1.165, 1.54) is 28.6 Å². The summed E-state index contributed by atoms with van der Waals surface area (Å²) in [6, 6.07) is 12.6. The molecule has 1 saturated heterocycles. The summed E-state index contributed by atoms with van der Waals surface area (Å²) < 4.78 is 13.0. The Labute approximate surface area is 175 Å². The zero-order valence-electron chi connectivity index (χ0n) is 17.1. The highest BCUT2D eigenvalue weighted by molar-refractivity contribution is 5.89. The molecule has 1 aliphatic rings. The van der Waals surface area contributed by atoms with Gasteiger partial charge < -0.3 is 15.2 Å². The van der Waals surface area contributed by atoms with E-state index >= 15 is 0 Å². The molecule has 30 heavy (non-hydrogen) atoms. The third-order valence-corrected chi connectivity index (χ3v) is 5.79. The quantitative estimate of drug-likeness (QED) is 0.631. The third kappa shape index (κ3) is 4.53. The standard InChI is InChI=1S/C24H26FN3O2/c1-16-2-7-22-21(12-16)18(14-27-22)9-11-28-15-19(13-23(28)29)24(30)26-10-8-17-3-5-20(25)6-4-17/h2-7,12,14,19,27H,8-11,13,15H2,1H3,(H,26,30). The predicted octanol–water partition coefficient (Wildman–Crippen LogP) is 3.37. The number of hydrogen-bond donors (Lipinski definition) is 2. The van der Waals surface area contributed by atoms with Crippen molar-refractivity contribution in [2.24, 2.45) is 5.92 Å². The van der Waals surface area contributed by atoms with Crippen molar-refractivity contribution in [2.75, 3.05) is 19.6 Å². The van der Waals surface area contributed by atoms with Gasteiger partial charge in [-0.3, -0.25) is 9.59 Å². The number of carbonyl (C=O) groups is 2. The number of halogens is 1. The maximum absolute atomic E-state index is 13.0. The van der Waals surface area contributed by atoms with Crippen LogP contribution in [0.5, 0.6) is 0 Å². The fourth-order valence-corrected chi connectivity index (χ4v) is 4.04. The number of hydrogen-bond acceptors (Lipinski definition) is 2. The molecule has 0 aliphatic carbocycles. The van der Waals surface area contributed by atoms with Gasteiger partial charge in [0.05, 0.1) is 5.92 Å². The van der Waals surface area contributed by atoms with E-state index in [0.717, 1.165) is 17.5 Å². The molecule has 3 aromatic rings. The molecule has 1 unspecified atom stereocenters. The Morgan fingerprint density at radius 3 is 2.80 bits per heavy atom. The van der Waals surface area contributed by atoms with Crippen LogP contribution >= 0.6 is 0 Å². The normalized spacial score (nSPS) is 16.4. The van der Waals surface area contributed by atoms with Crippen molar-refractivity contribution >= 4 is 22.7 Å². The summed E-state index contributed by atoms with van der Waals surface area (Å²) in [6.45, 7) is 3.62. The number of rotatable bonds is 7. The lowest BCUT2D eigenvalue weighted by Gasteiger charge is -2.16. The Bertz CT molecular complexity index is 1060. The minimum Gasteiger partial charge on any atom is -0.361 e. The van der Waals surface area contributed by atoms with Crippen molar-refractivity contribution in [2.45, 2.75) is 26.2 Å². The van der Waals surface area contributed by atoms with Crippen LogP contribution in [0, 0.1) is 18.7 Å². The van der Waals surface area contributed by atoms with E-state index in [9.17, 15) is 14.0 Å². The van der Waals surface area contributed by atoms with E-state index in [1.807, 2.05) is 6.20 Å². The highest BCUT2D eigenvalue weighted by atomic mass is 19.1. The first-order chi connectivity index (χ1) is 14.5. The summed E-state index contributed by atoms with van der Waals surface area (Å²) in [7, 11) is 0. The van der Waals surface area contributed by atoms with E-state index < -0.39 is 0 Å².